The van der Waals surface area contributed by atoms with E-state index in [1.54, 1.807) is 7.11 Å². The van der Waals surface area contributed by atoms with Crippen LogP contribution in [0.2, 0.25) is 0 Å². The van der Waals surface area contributed by atoms with Gasteiger partial charge in [-0.3, -0.25) is 0 Å². The van der Waals surface area contributed by atoms with E-state index in [9.17, 15) is 4.39 Å². The largest absolute Gasteiger partial charge is 0.497 e. The van der Waals surface area contributed by atoms with Crippen LogP contribution in [0.15, 0.2) is 18.2 Å². The number of rotatable bonds is 6. The molecular weight excluding hydrogens is 217 g/mol. The first-order chi connectivity index (χ1) is 8.01. The van der Waals surface area contributed by atoms with Gasteiger partial charge in [0, 0.05) is 24.4 Å². The van der Waals surface area contributed by atoms with Gasteiger partial charge < -0.3 is 10.1 Å². The van der Waals surface area contributed by atoms with Crippen LogP contribution in [0, 0.1) is 17.7 Å². The molecule has 0 aromatic heterocycles. The Kier molecular flexibility index (Phi) is 5.26. The minimum atomic E-state index is -0.275. The molecule has 1 rings (SSSR count). The number of methoxy groups -OCH3 is 1. The molecule has 3 heteroatoms. The summed E-state index contributed by atoms with van der Waals surface area (Å²) in [6.07, 6.45) is 1.17. The number of anilines is 1. The summed E-state index contributed by atoms with van der Waals surface area (Å²) in [7, 11) is 1.54. The van der Waals surface area contributed by atoms with Gasteiger partial charge in [-0.05, 0) is 24.3 Å². The van der Waals surface area contributed by atoms with Crippen molar-refractivity contribution >= 4 is 5.69 Å². The van der Waals surface area contributed by atoms with Crippen molar-refractivity contribution in [1.82, 2.24) is 0 Å². The van der Waals surface area contributed by atoms with Crippen molar-refractivity contribution in [2.75, 3.05) is 19.0 Å². The van der Waals surface area contributed by atoms with Gasteiger partial charge >= 0.3 is 0 Å². The zero-order valence-electron chi connectivity index (χ0n) is 11.1. The summed E-state index contributed by atoms with van der Waals surface area (Å²) >= 11 is 0. The Labute approximate surface area is 103 Å². The van der Waals surface area contributed by atoms with Crippen LogP contribution in [-0.4, -0.2) is 13.7 Å². The molecular formula is C14H22FNO. The molecule has 1 aromatic rings. The Bertz CT molecular complexity index is 352. The Hall–Kier alpha value is -1.25. The first-order valence-corrected chi connectivity index (χ1v) is 6.09. The molecule has 0 aliphatic carbocycles. The molecule has 0 saturated heterocycles. The SMILES string of the molecule is COc1cc(F)cc(NCC(C)CC(C)C)c1. The smallest absolute Gasteiger partial charge is 0.128 e. The fourth-order valence-electron chi connectivity index (χ4n) is 1.96. The van der Waals surface area contributed by atoms with Crippen molar-refractivity contribution in [3.05, 3.63) is 24.0 Å². The highest BCUT2D eigenvalue weighted by Gasteiger charge is 2.06. The van der Waals surface area contributed by atoms with E-state index in [-0.39, 0.29) is 5.82 Å². The lowest BCUT2D eigenvalue weighted by Gasteiger charge is -2.16. The summed E-state index contributed by atoms with van der Waals surface area (Å²) in [5, 5.41) is 3.25. The lowest BCUT2D eigenvalue weighted by molar-refractivity contribution is 0.411. The van der Waals surface area contributed by atoms with Crippen LogP contribution in [0.4, 0.5) is 10.1 Å². The van der Waals surface area contributed by atoms with Crippen LogP contribution < -0.4 is 10.1 Å². The summed E-state index contributed by atoms with van der Waals surface area (Å²) in [4.78, 5) is 0. The van der Waals surface area contributed by atoms with Crippen LogP contribution in [0.1, 0.15) is 27.2 Å². The Morgan fingerprint density at radius 1 is 1.24 bits per heavy atom. The van der Waals surface area contributed by atoms with Gasteiger partial charge in [0.05, 0.1) is 7.11 Å². The van der Waals surface area contributed by atoms with Crippen molar-refractivity contribution in [1.29, 1.82) is 0 Å². The predicted octanol–water partition coefficient (Wildman–Crippen LogP) is 3.93. The van der Waals surface area contributed by atoms with E-state index in [4.69, 9.17) is 4.74 Å². The topological polar surface area (TPSA) is 21.3 Å². The molecule has 1 unspecified atom stereocenters. The molecule has 0 amide bonds. The fourth-order valence-corrected chi connectivity index (χ4v) is 1.96. The standard InChI is InChI=1S/C14H22FNO/c1-10(2)5-11(3)9-16-13-6-12(15)7-14(8-13)17-4/h6-8,10-11,16H,5,9H2,1-4H3. The van der Waals surface area contributed by atoms with Crippen LogP contribution in [-0.2, 0) is 0 Å². The lowest BCUT2D eigenvalue weighted by Crippen LogP contribution is -2.13. The normalized spacial score (nSPS) is 12.6. The molecule has 0 spiro atoms. The molecule has 0 aliphatic rings. The Morgan fingerprint density at radius 3 is 2.53 bits per heavy atom. The Morgan fingerprint density at radius 2 is 1.94 bits per heavy atom. The third-order valence-corrected chi connectivity index (χ3v) is 2.64. The van der Waals surface area contributed by atoms with Gasteiger partial charge in [-0.1, -0.05) is 20.8 Å². The third-order valence-electron chi connectivity index (χ3n) is 2.64. The maximum absolute atomic E-state index is 13.2. The maximum atomic E-state index is 13.2. The maximum Gasteiger partial charge on any atom is 0.128 e. The van der Waals surface area contributed by atoms with E-state index in [1.807, 2.05) is 6.07 Å². The molecule has 0 saturated carbocycles. The van der Waals surface area contributed by atoms with E-state index < -0.39 is 0 Å². The summed E-state index contributed by atoms with van der Waals surface area (Å²) < 4.78 is 18.3. The van der Waals surface area contributed by atoms with Crippen molar-refractivity contribution in [3.8, 4) is 5.75 Å². The van der Waals surface area contributed by atoms with Crippen molar-refractivity contribution in [2.45, 2.75) is 27.2 Å². The first kappa shape index (κ1) is 13.8. The molecule has 1 atom stereocenters. The second-order valence-corrected chi connectivity index (χ2v) is 5.00. The minimum Gasteiger partial charge on any atom is -0.497 e. The number of hydrogen-bond acceptors (Lipinski definition) is 2. The molecule has 0 fully saturated rings. The second-order valence-electron chi connectivity index (χ2n) is 5.00. The number of hydrogen-bond donors (Lipinski definition) is 1. The number of halogens is 1. The highest BCUT2D eigenvalue weighted by atomic mass is 19.1. The number of nitrogens with one attached hydrogen (secondary N) is 1. The Balaban J connectivity index is 2.54. The van der Waals surface area contributed by atoms with E-state index in [2.05, 4.69) is 26.1 Å². The predicted molar refractivity (Wildman–Crippen MR) is 70.1 cm³/mol. The third kappa shape index (κ3) is 5.07. The van der Waals surface area contributed by atoms with Gasteiger partial charge in [0.1, 0.15) is 11.6 Å². The molecule has 0 heterocycles. The van der Waals surface area contributed by atoms with Gasteiger partial charge in [0.2, 0.25) is 0 Å². The molecule has 0 bridgehead atoms. The lowest BCUT2D eigenvalue weighted by atomic mass is 9.99. The van der Waals surface area contributed by atoms with E-state index in [0.717, 1.165) is 12.2 Å². The van der Waals surface area contributed by atoms with Gasteiger partial charge in [-0.15, -0.1) is 0 Å². The van der Waals surface area contributed by atoms with Gasteiger partial charge in [-0.2, -0.15) is 0 Å². The van der Waals surface area contributed by atoms with Crippen LogP contribution in [0.25, 0.3) is 0 Å². The minimum absolute atomic E-state index is 0.275. The van der Waals surface area contributed by atoms with E-state index in [0.29, 0.717) is 17.6 Å². The van der Waals surface area contributed by atoms with Gasteiger partial charge in [0.15, 0.2) is 0 Å². The molecule has 17 heavy (non-hydrogen) atoms. The molecule has 1 N–H and O–H groups in total. The van der Waals surface area contributed by atoms with Crippen LogP contribution in [0.3, 0.4) is 0 Å². The monoisotopic (exact) mass is 239 g/mol. The van der Waals surface area contributed by atoms with E-state index >= 15 is 0 Å². The zero-order chi connectivity index (χ0) is 12.8. The van der Waals surface area contributed by atoms with Crippen molar-refractivity contribution < 1.29 is 9.13 Å². The summed E-state index contributed by atoms with van der Waals surface area (Å²) in [6, 6.07) is 4.68. The first-order valence-electron chi connectivity index (χ1n) is 6.09. The number of ether oxygens (including phenoxy) is 1. The highest BCUT2D eigenvalue weighted by molar-refractivity contribution is 5.48. The molecule has 0 aliphatic heterocycles. The molecule has 96 valence electrons. The molecule has 0 radical (unpaired) electrons. The zero-order valence-corrected chi connectivity index (χ0v) is 11.1. The summed E-state index contributed by atoms with van der Waals surface area (Å²) in [6.45, 7) is 7.47. The van der Waals surface area contributed by atoms with E-state index in [1.165, 1.54) is 18.6 Å². The average Bonchev–Trinajstić information content (AvgIpc) is 2.24. The summed E-state index contributed by atoms with van der Waals surface area (Å²) in [5.74, 6) is 1.53. The molecule has 2 nitrogen and oxygen atoms in total. The average molecular weight is 239 g/mol. The fraction of sp³-hybridized carbons (Fsp3) is 0.571. The van der Waals surface area contributed by atoms with Crippen molar-refractivity contribution in [3.63, 3.8) is 0 Å². The van der Waals surface area contributed by atoms with Gasteiger partial charge in [-0.25, -0.2) is 4.39 Å². The van der Waals surface area contributed by atoms with Crippen LogP contribution in [0.5, 0.6) is 5.75 Å². The molecule has 1 aromatic carbocycles. The summed E-state index contributed by atoms with van der Waals surface area (Å²) in [5.41, 5.74) is 0.775. The second kappa shape index (κ2) is 6.48. The van der Waals surface area contributed by atoms with Gasteiger partial charge in [0.25, 0.3) is 0 Å². The quantitative estimate of drug-likeness (QED) is 0.812. The number of benzene rings is 1. The van der Waals surface area contributed by atoms with Crippen molar-refractivity contribution in [2.24, 2.45) is 11.8 Å². The van der Waals surface area contributed by atoms with Crippen LogP contribution >= 0.6 is 0 Å². The highest BCUT2D eigenvalue weighted by Crippen LogP contribution is 2.20.